The molecule has 1 amide bonds. The van der Waals surface area contributed by atoms with E-state index in [1.807, 2.05) is 13.8 Å². The molecule has 0 aliphatic carbocycles. The summed E-state index contributed by atoms with van der Waals surface area (Å²) in [5, 5.41) is 12.4. The van der Waals surface area contributed by atoms with E-state index < -0.39 is 24.5 Å². The van der Waals surface area contributed by atoms with Crippen molar-refractivity contribution in [2.24, 2.45) is 0 Å². The maximum absolute atomic E-state index is 12.2. The minimum absolute atomic E-state index is 0.0749. The number of ether oxygens (including phenoxy) is 2. The summed E-state index contributed by atoms with van der Waals surface area (Å²) in [5.41, 5.74) is 1.30. The quantitative estimate of drug-likeness (QED) is 0.702. The van der Waals surface area contributed by atoms with Crippen LogP contribution < -0.4 is 5.32 Å². The van der Waals surface area contributed by atoms with Gasteiger partial charge in [-0.05, 0) is 44.0 Å². The number of thiophene rings is 1. The van der Waals surface area contributed by atoms with Crippen molar-refractivity contribution < 1.29 is 29.0 Å². The molecule has 1 aromatic heterocycles. The summed E-state index contributed by atoms with van der Waals surface area (Å²) < 4.78 is 10.0. The summed E-state index contributed by atoms with van der Waals surface area (Å²) in [6, 6.07) is 5.63. The molecule has 0 saturated carbocycles. The van der Waals surface area contributed by atoms with Gasteiger partial charge in [0.15, 0.2) is 6.61 Å². The zero-order chi connectivity index (χ0) is 20.0. The van der Waals surface area contributed by atoms with Crippen LogP contribution in [-0.4, -0.2) is 36.2 Å². The molecule has 0 aliphatic heterocycles. The van der Waals surface area contributed by atoms with Crippen molar-refractivity contribution in [3.8, 4) is 5.75 Å². The minimum Gasteiger partial charge on any atom is -0.508 e. The fourth-order valence-corrected chi connectivity index (χ4v) is 3.67. The molecule has 0 unspecified atom stereocenters. The molecular formula is C19H21NO6S. The van der Waals surface area contributed by atoms with E-state index in [2.05, 4.69) is 5.32 Å². The third-order valence-corrected chi connectivity index (χ3v) is 4.77. The SMILES string of the molecule is CCOC(=O)c1c(NC(=O)COC(=O)c2cccc(O)c2)sc(C)c1CC. The molecule has 2 N–H and O–H groups in total. The zero-order valence-electron chi connectivity index (χ0n) is 15.3. The van der Waals surface area contributed by atoms with Crippen molar-refractivity contribution in [3.63, 3.8) is 0 Å². The number of amides is 1. The first-order valence-electron chi connectivity index (χ1n) is 8.42. The van der Waals surface area contributed by atoms with Gasteiger partial charge in [0.05, 0.1) is 17.7 Å². The lowest BCUT2D eigenvalue weighted by atomic mass is 10.1. The molecule has 0 saturated heterocycles. The molecule has 0 radical (unpaired) electrons. The van der Waals surface area contributed by atoms with Gasteiger partial charge in [-0.3, -0.25) is 4.79 Å². The highest BCUT2D eigenvalue weighted by Gasteiger charge is 2.23. The maximum atomic E-state index is 12.2. The molecule has 2 rings (SSSR count). The number of hydrogen-bond donors (Lipinski definition) is 2. The second kappa shape index (κ2) is 9.18. The van der Waals surface area contributed by atoms with E-state index in [0.29, 0.717) is 17.0 Å². The Hall–Kier alpha value is -2.87. The third-order valence-electron chi connectivity index (χ3n) is 3.71. The normalized spacial score (nSPS) is 10.3. The van der Waals surface area contributed by atoms with Gasteiger partial charge in [-0.25, -0.2) is 9.59 Å². The Labute approximate surface area is 160 Å². The Balaban J connectivity index is 2.07. The summed E-state index contributed by atoms with van der Waals surface area (Å²) in [6.45, 7) is 5.20. The van der Waals surface area contributed by atoms with Gasteiger partial charge in [-0.2, -0.15) is 0 Å². The Morgan fingerprint density at radius 3 is 2.52 bits per heavy atom. The van der Waals surface area contributed by atoms with E-state index in [1.54, 1.807) is 6.92 Å². The summed E-state index contributed by atoms with van der Waals surface area (Å²) in [5.74, 6) is -1.87. The number of rotatable bonds is 7. The fraction of sp³-hybridized carbons (Fsp3) is 0.316. The van der Waals surface area contributed by atoms with E-state index >= 15 is 0 Å². The van der Waals surface area contributed by atoms with Crippen LogP contribution in [0.25, 0.3) is 0 Å². The molecule has 1 aromatic carbocycles. The van der Waals surface area contributed by atoms with Crippen molar-refractivity contribution >= 4 is 34.2 Å². The highest BCUT2D eigenvalue weighted by molar-refractivity contribution is 7.16. The van der Waals surface area contributed by atoms with Gasteiger partial charge in [-0.1, -0.05) is 13.0 Å². The van der Waals surface area contributed by atoms with Crippen LogP contribution in [0.3, 0.4) is 0 Å². The first kappa shape index (κ1) is 20.4. The van der Waals surface area contributed by atoms with E-state index in [4.69, 9.17) is 9.47 Å². The van der Waals surface area contributed by atoms with Crippen LogP contribution in [0.5, 0.6) is 5.75 Å². The van der Waals surface area contributed by atoms with Gasteiger partial charge in [0.2, 0.25) is 0 Å². The van der Waals surface area contributed by atoms with Crippen LogP contribution in [0.4, 0.5) is 5.00 Å². The number of phenolic OH excluding ortho intramolecular Hbond substituents is 1. The van der Waals surface area contributed by atoms with Crippen molar-refractivity contribution in [3.05, 3.63) is 45.8 Å². The average Bonchev–Trinajstić information content (AvgIpc) is 2.94. The summed E-state index contributed by atoms with van der Waals surface area (Å²) in [4.78, 5) is 37.3. The van der Waals surface area contributed by atoms with E-state index in [-0.39, 0.29) is 17.9 Å². The van der Waals surface area contributed by atoms with Crippen LogP contribution in [0.15, 0.2) is 24.3 Å². The fourth-order valence-electron chi connectivity index (χ4n) is 2.52. The second-order valence-electron chi connectivity index (χ2n) is 5.59. The van der Waals surface area contributed by atoms with Crippen LogP contribution in [0, 0.1) is 6.92 Å². The summed E-state index contributed by atoms with van der Waals surface area (Å²) in [7, 11) is 0. The molecular weight excluding hydrogens is 370 g/mol. The van der Waals surface area contributed by atoms with Crippen LogP contribution in [0.2, 0.25) is 0 Å². The molecule has 7 nitrogen and oxygen atoms in total. The number of aromatic hydroxyl groups is 1. The van der Waals surface area contributed by atoms with Crippen LogP contribution in [0.1, 0.15) is 45.0 Å². The van der Waals surface area contributed by atoms with Gasteiger partial charge in [0.25, 0.3) is 5.91 Å². The van der Waals surface area contributed by atoms with Gasteiger partial charge >= 0.3 is 11.9 Å². The largest absolute Gasteiger partial charge is 0.508 e. The van der Waals surface area contributed by atoms with E-state index in [1.165, 1.54) is 35.6 Å². The molecule has 0 spiro atoms. The Morgan fingerprint density at radius 1 is 1.15 bits per heavy atom. The monoisotopic (exact) mass is 391 g/mol. The standard InChI is InChI=1S/C19H21NO6S/c1-4-14-11(3)27-17(16(14)19(24)25-5-2)20-15(22)10-26-18(23)12-7-6-8-13(21)9-12/h6-9,21H,4-5,10H2,1-3H3,(H,20,22). The van der Waals surface area contributed by atoms with Crippen molar-refractivity contribution in [2.75, 3.05) is 18.5 Å². The number of benzene rings is 1. The number of aryl methyl sites for hydroxylation is 1. The Morgan fingerprint density at radius 2 is 1.89 bits per heavy atom. The number of esters is 2. The Kier molecular flexibility index (Phi) is 6.95. The number of carbonyl (C=O) groups is 3. The summed E-state index contributed by atoms with van der Waals surface area (Å²) >= 11 is 1.27. The molecule has 2 aromatic rings. The first-order chi connectivity index (χ1) is 12.9. The molecule has 0 fully saturated rings. The van der Waals surface area contributed by atoms with Gasteiger partial charge in [-0.15, -0.1) is 11.3 Å². The molecule has 0 bridgehead atoms. The highest BCUT2D eigenvalue weighted by Crippen LogP contribution is 2.34. The smallest absolute Gasteiger partial charge is 0.341 e. The molecule has 144 valence electrons. The van der Waals surface area contributed by atoms with Crippen molar-refractivity contribution in [2.45, 2.75) is 27.2 Å². The molecule has 27 heavy (non-hydrogen) atoms. The van der Waals surface area contributed by atoms with E-state index in [0.717, 1.165) is 10.4 Å². The molecule has 8 heteroatoms. The maximum Gasteiger partial charge on any atom is 0.341 e. The lowest BCUT2D eigenvalue weighted by Crippen LogP contribution is -2.22. The Bertz CT molecular complexity index is 858. The van der Waals surface area contributed by atoms with Gasteiger partial charge < -0.3 is 19.9 Å². The lowest BCUT2D eigenvalue weighted by molar-refractivity contribution is -0.119. The molecule has 0 atom stereocenters. The van der Waals surface area contributed by atoms with Gasteiger partial charge in [0.1, 0.15) is 10.8 Å². The predicted molar refractivity (Wildman–Crippen MR) is 101 cm³/mol. The van der Waals surface area contributed by atoms with Crippen LogP contribution >= 0.6 is 11.3 Å². The number of phenols is 1. The topological polar surface area (TPSA) is 102 Å². The van der Waals surface area contributed by atoms with Crippen LogP contribution in [-0.2, 0) is 20.7 Å². The van der Waals surface area contributed by atoms with Crippen molar-refractivity contribution in [1.29, 1.82) is 0 Å². The lowest BCUT2D eigenvalue weighted by Gasteiger charge is -2.08. The van der Waals surface area contributed by atoms with E-state index in [9.17, 15) is 19.5 Å². The molecule has 1 heterocycles. The average molecular weight is 391 g/mol. The third kappa shape index (κ3) is 5.07. The number of anilines is 1. The van der Waals surface area contributed by atoms with Crippen molar-refractivity contribution in [1.82, 2.24) is 0 Å². The predicted octanol–water partition coefficient (Wildman–Crippen LogP) is 3.30. The number of carbonyl (C=O) groups excluding carboxylic acids is 3. The zero-order valence-corrected chi connectivity index (χ0v) is 16.1. The second-order valence-corrected chi connectivity index (χ2v) is 6.81. The minimum atomic E-state index is -0.733. The summed E-state index contributed by atoms with van der Waals surface area (Å²) in [6.07, 6.45) is 0.624. The van der Waals surface area contributed by atoms with Gasteiger partial charge in [0, 0.05) is 4.88 Å². The number of nitrogens with one attached hydrogen (secondary N) is 1. The highest BCUT2D eigenvalue weighted by atomic mass is 32.1. The number of hydrogen-bond acceptors (Lipinski definition) is 7. The molecule has 0 aliphatic rings. The first-order valence-corrected chi connectivity index (χ1v) is 9.24.